The summed E-state index contributed by atoms with van der Waals surface area (Å²) in [5, 5.41) is 2.91. The van der Waals surface area contributed by atoms with Crippen molar-refractivity contribution in [3.05, 3.63) is 72.8 Å². The van der Waals surface area contributed by atoms with E-state index in [-0.39, 0.29) is 30.8 Å². The highest BCUT2D eigenvalue weighted by atomic mass is 16.5. The van der Waals surface area contributed by atoms with Gasteiger partial charge in [-0.1, -0.05) is 48.5 Å². The van der Waals surface area contributed by atoms with Crippen LogP contribution in [0.2, 0.25) is 0 Å². The predicted octanol–water partition coefficient (Wildman–Crippen LogP) is 3.69. The van der Waals surface area contributed by atoms with Gasteiger partial charge in [-0.2, -0.15) is 0 Å². The molecular formula is C26H27N3O5. The maximum atomic E-state index is 12.4. The normalized spacial score (nSPS) is 13.9. The molecule has 176 valence electrons. The Labute approximate surface area is 197 Å². The Hall–Kier alpha value is -3.94. The predicted molar refractivity (Wildman–Crippen MR) is 126 cm³/mol. The highest BCUT2D eigenvalue weighted by Crippen LogP contribution is 2.21. The zero-order valence-electron chi connectivity index (χ0n) is 18.8. The molecule has 1 fully saturated rings. The van der Waals surface area contributed by atoms with E-state index in [1.807, 2.05) is 60.7 Å². The zero-order valence-corrected chi connectivity index (χ0v) is 18.8. The van der Waals surface area contributed by atoms with E-state index in [1.54, 1.807) is 11.1 Å². The van der Waals surface area contributed by atoms with Crippen molar-refractivity contribution in [3.8, 4) is 11.3 Å². The number of likely N-dealkylation sites (tertiary alicyclic amines) is 1. The maximum absolute atomic E-state index is 12.4. The van der Waals surface area contributed by atoms with Gasteiger partial charge in [0.2, 0.25) is 5.91 Å². The number of oxazole rings is 1. The van der Waals surface area contributed by atoms with E-state index >= 15 is 0 Å². The molecule has 1 N–H and O–H groups in total. The van der Waals surface area contributed by atoms with Gasteiger partial charge < -0.3 is 19.4 Å². The molecule has 2 amide bonds. The number of nitrogens with zero attached hydrogens (tertiary/aromatic N) is 2. The van der Waals surface area contributed by atoms with Crippen LogP contribution in [0, 0.1) is 5.92 Å². The fraction of sp³-hybridized carbons (Fsp3) is 0.308. The smallest absolute Gasteiger partial charge is 0.306 e. The molecule has 2 aromatic carbocycles. The molecule has 1 saturated heterocycles. The summed E-state index contributed by atoms with van der Waals surface area (Å²) < 4.78 is 10.8. The monoisotopic (exact) mass is 461 g/mol. The van der Waals surface area contributed by atoms with E-state index in [1.165, 1.54) is 0 Å². The Kier molecular flexibility index (Phi) is 7.70. The number of carbonyl (C=O) groups excluding carboxylic acids is 3. The number of piperidine rings is 1. The van der Waals surface area contributed by atoms with Crippen LogP contribution in [0.15, 0.2) is 71.3 Å². The Morgan fingerprint density at radius 2 is 1.68 bits per heavy atom. The van der Waals surface area contributed by atoms with Gasteiger partial charge in [-0.25, -0.2) is 4.98 Å². The topological polar surface area (TPSA) is 102 Å². The van der Waals surface area contributed by atoms with E-state index in [2.05, 4.69) is 10.3 Å². The number of nitrogens with one attached hydrogen (secondary N) is 1. The standard InChI is InChI=1S/C26H27N3O5/c30-24(29-15-13-20(14-16-29)26(32)28-21-9-5-2-6-10-21)18-33-25(31)12-11-23-27-17-22(34-23)19-7-3-1-4-8-19/h1-10,17,20H,11-16,18H2,(H,28,32). The van der Waals surface area contributed by atoms with Crippen molar-refractivity contribution in [2.75, 3.05) is 25.0 Å². The second-order valence-corrected chi connectivity index (χ2v) is 8.16. The Bertz CT molecular complexity index is 1110. The van der Waals surface area contributed by atoms with Gasteiger partial charge in [0.05, 0.1) is 12.6 Å². The Balaban J connectivity index is 1.15. The SMILES string of the molecule is O=C(CCc1ncc(-c2ccccc2)o1)OCC(=O)N1CCC(C(=O)Nc2ccccc2)CC1. The van der Waals surface area contributed by atoms with Crippen LogP contribution in [0.5, 0.6) is 0 Å². The number of rotatable bonds is 8. The highest BCUT2D eigenvalue weighted by Gasteiger charge is 2.27. The average molecular weight is 462 g/mol. The molecule has 0 bridgehead atoms. The summed E-state index contributed by atoms with van der Waals surface area (Å²) in [5.74, 6) is 0.167. The molecule has 0 radical (unpaired) electrons. The Morgan fingerprint density at radius 3 is 2.38 bits per heavy atom. The molecule has 0 atom stereocenters. The number of anilines is 1. The molecule has 3 aromatic rings. The number of benzene rings is 2. The number of aryl methyl sites for hydroxylation is 1. The van der Waals surface area contributed by atoms with Crippen molar-refractivity contribution in [1.82, 2.24) is 9.88 Å². The van der Waals surface area contributed by atoms with Crippen LogP contribution in [0.1, 0.15) is 25.2 Å². The van der Waals surface area contributed by atoms with Crippen LogP contribution in [0.25, 0.3) is 11.3 Å². The summed E-state index contributed by atoms with van der Waals surface area (Å²) in [6.45, 7) is 0.615. The summed E-state index contributed by atoms with van der Waals surface area (Å²) in [5.41, 5.74) is 1.68. The van der Waals surface area contributed by atoms with Crippen molar-refractivity contribution < 1.29 is 23.5 Å². The lowest BCUT2D eigenvalue weighted by molar-refractivity contribution is -0.152. The summed E-state index contributed by atoms with van der Waals surface area (Å²) in [6, 6.07) is 18.9. The quantitative estimate of drug-likeness (QED) is 0.514. The lowest BCUT2D eigenvalue weighted by Crippen LogP contribution is -2.43. The minimum atomic E-state index is -0.482. The van der Waals surface area contributed by atoms with Gasteiger partial charge in [0.25, 0.3) is 5.91 Å². The summed E-state index contributed by atoms with van der Waals surface area (Å²) in [6.07, 6.45) is 3.15. The number of esters is 1. The number of amides is 2. The van der Waals surface area contributed by atoms with Crippen LogP contribution in [-0.2, 0) is 25.5 Å². The summed E-state index contributed by atoms with van der Waals surface area (Å²) >= 11 is 0. The van der Waals surface area contributed by atoms with Crippen LogP contribution < -0.4 is 5.32 Å². The minimum absolute atomic E-state index is 0.0355. The molecule has 1 aliphatic heterocycles. The van der Waals surface area contributed by atoms with E-state index in [9.17, 15) is 14.4 Å². The number of hydrogen-bond donors (Lipinski definition) is 1. The molecule has 0 saturated carbocycles. The zero-order chi connectivity index (χ0) is 23.8. The van der Waals surface area contributed by atoms with Crippen LogP contribution in [-0.4, -0.2) is 47.4 Å². The largest absolute Gasteiger partial charge is 0.456 e. The minimum Gasteiger partial charge on any atom is -0.456 e. The fourth-order valence-electron chi connectivity index (χ4n) is 3.83. The fourth-order valence-corrected chi connectivity index (χ4v) is 3.83. The van der Waals surface area contributed by atoms with Gasteiger partial charge in [-0.15, -0.1) is 0 Å². The van der Waals surface area contributed by atoms with Crippen LogP contribution in [0.4, 0.5) is 5.69 Å². The van der Waals surface area contributed by atoms with Crippen LogP contribution >= 0.6 is 0 Å². The third-order valence-electron chi connectivity index (χ3n) is 5.77. The summed E-state index contributed by atoms with van der Waals surface area (Å²) in [7, 11) is 0. The Morgan fingerprint density at radius 1 is 1.00 bits per heavy atom. The van der Waals surface area contributed by atoms with E-state index in [0.717, 1.165) is 11.3 Å². The molecule has 0 spiro atoms. The van der Waals surface area contributed by atoms with Gasteiger partial charge in [-0.3, -0.25) is 14.4 Å². The molecule has 8 nitrogen and oxygen atoms in total. The van der Waals surface area contributed by atoms with Crippen molar-refractivity contribution in [2.45, 2.75) is 25.7 Å². The van der Waals surface area contributed by atoms with E-state index < -0.39 is 5.97 Å². The van der Waals surface area contributed by atoms with E-state index in [4.69, 9.17) is 9.15 Å². The highest BCUT2D eigenvalue weighted by molar-refractivity contribution is 5.92. The number of carbonyl (C=O) groups is 3. The first-order chi connectivity index (χ1) is 16.6. The average Bonchev–Trinajstić information content (AvgIpc) is 3.36. The number of hydrogen-bond acceptors (Lipinski definition) is 6. The molecule has 4 rings (SSSR count). The number of para-hydroxylation sites is 1. The third-order valence-corrected chi connectivity index (χ3v) is 5.77. The number of aromatic nitrogens is 1. The third kappa shape index (κ3) is 6.31. The molecule has 1 aliphatic rings. The van der Waals surface area contributed by atoms with Gasteiger partial charge in [0.15, 0.2) is 18.3 Å². The molecule has 0 aliphatic carbocycles. The molecule has 1 aromatic heterocycles. The van der Waals surface area contributed by atoms with Gasteiger partial charge >= 0.3 is 5.97 Å². The molecule has 0 unspecified atom stereocenters. The first-order valence-electron chi connectivity index (χ1n) is 11.4. The van der Waals surface area contributed by atoms with Gasteiger partial charge in [0.1, 0.15) is 0 Å². The second-order valence-electron chi connectivity index (χ2n) is 8.16. The van der Waals surface area contributed by atoms with Crippen molar-refractivity contribution in [1.29, 1.82) is 0 Å². The van der Waals surface area contributed by atoms with Crippen molar-refractivity contribution in [2.24, 2.45) is 5.92 Å². The number of ether oxygens (including phenoxy) is 1. The van der Waals surface area contributed by atoms with E-state index in [0.29, 0.717) is 44.0 Å². The maximum Gasteiger partial charge on any atom is 0.306 e. The lowest BCUT2D eigenvalue weighted by Gasteiger charge is -2.31. The summed E-state index contributed by atoms with van der Waals surface area (Å²) in [4.78, 5) is 42.8. The molecule has 2 heterocycles. The van der Waals surface area contributed by atoms with Crippen molar-refractivity contribution >= 4 is 23.5 Å². The molecule has 34 heavy (non-hydrogen) atoms. The van der Waals surface area contributed by atoms with Crippen LogP contribution in [0.3, 0.4) is 0 Å². The van der Waals surface area contributed by atoms with Gasteiger partial charge in [-0.05, 0) is 25.0 Å². The van der Waals surface area contributed by atoms with Gasteiger partial charge in [0, 0.05) is 36.7 Å². The molecular weight excluding hydrogens is 434 g/mol. The first-order valence-corrected chi connectivity index (χ1v) is 11.4. The van der Waals surface area contributed by atoms with Crippen molar-refractivity contribution in [3.63, 3.8) is 0 Å². The lowest BCUT2D eigenvalue weighted by atomic mass is 9.95. The second kappa shape index (κ2) is 11.3. The first kappa shape index (κ1) is 23.2. The molecule has 8 heteroatoms.